The first kappa shape index (κ1) is 55.9. The molecule has 0 aliphatic carbocycles. The standard InChI is InChI=1S/C51H65N8O13PS/c1-32(2)59(33(3)4)73(69-25-13-12-24-52)72-42-27-46(58-30-35(6)48(61)55-50(58)63)70-43(42)28-53-74(64,65)56-41-26-45(57-29-34(5)47(60)54-49(57)62)71-44(41)31-68-51(36-14-10-9-11-15-36,37-16-20-39(66-7)21-17-37)38-18-22-40(67-8)23-19-38/h9-11,14-23,29-30,32-33,41-46,53,56H,12-13,25-28,31H2,1-8H3,(H,54,60,62)(H,55,61,63)/t41-,42-,43+,44+,45+,46+,73?/m0/s1. The van der Waals surface area contributed by atoms with Gasteiger partial charge in [-0.2, -0.15) is 23.1 Å². The third kappa shape index (κ3) is 13.0. The van der Waals surface area contributed by atoms with Crippen LogP contribution < -0.4 is 41.4 Å². The number of hydrogen-bond acceptors (Lipinski definition) is 15. The third-order valence-electron chi connectivity index (χ3n) is 12.9. The van der Waals surface area contributed by atoms with E-state index in [2.05, 4.69) is 30.2 Å². The molecule has 74 heavy (non-hydrogen) atoms. The van der Waals surface area contributed by atoms with Crippen molar-refractivity contribution in [2.75, 3.05) is 34.0 Å². The molecule has 3 aromatic carbocycles. The van der Waals surface area contributed by atoms with E-state index in [1.54, 1.807) is 28.1 Å². The molecule has 5 aromatic rings. The van der Waals surface area contributed by atoms with Gasteiger partial charge in [0.1, 0.15) is 41.8 Å². The zero-order chi connectivity index (χ0) is 53.3. The van der Waals surface area contributed by atoms with Crippen molar-refractivity contribution in [2.45, 2.75) is 122 Å². The van der Waals surface area contributed by atoms with Gasteiger partial charge < -0.3 is 32.7 Å². The molecule has 398 valence electrons. The zero-order valence-electron chi connectivity index (χ0n) is 42.7. The summed E-state index contributed by atoms with van der Waals surface area (Å²) in [4.78, 5) is 56.0. The number of nitrogens with one attached hydrogen (secondary N) is 4. The Hall–Kier alpha value is -5.83. The number of H-pyrrole nitrogens is 2. The fraction of sp³-hybridized carbons (Fsp3) is 0.471. The highest BCUT2D eigenvalue weighted by Gasteiger charge is 2.46. The average Bonchev–Trinajstić information content (AvgIpc) is 3.97. The third-order valence-corrected chi connectivity index (χ3v) is 16.2. The van der Waals surface area contributed by atoms with Crippen LogP contribution in [0.25, 0.3) is 0 Å². The molecule has 7 atom stereocenters. The van der Waals surface area contributed by atoms with Crippen LogP contribution in [-0.2, 0) is 39.1 Å². The Balaban J connectivity index is 1.21. The molecule has 0 radical (unpaired) electrons. The van der Waals surface area contributed by atoms with Crippen molar-refractivity contribution >= 4 is 18.7 Å². The Morgan fingerprint density at radius 1 is 0.784 bits per heavy atom. The molecule has 0 amide bonds. The maximum Gasteiger partial charge on any atom is 0.330 e. The van der Waals surface area contributed by atoms with E-state index >= 15 is 0 Å². The highest BCUT2D eigenvalue weighted by Crippen LogP contribution is 2.50. The van der Waals surface area contributed by atoms with E-state index in [9.17, 15) is 32.9 Å². The lowest BCUT2D eigenvalue weighted by Crippen LogP contribution is -2.50. The van der Waals surface area contributed by atoms with Crippen molar-refractivity contribution in [1.82, 2.24) is 33.2 Å². The minimum Gasteiger partial charge on any atom is -0.497 e. The van der Waals surface area contributed by atoms with Crippen LogP contribution in [0.5, 0.6) is 11.5 Å². The molecule has 7 rings (SSSR count). The minimum absolute atomic E-state index is 0.0450. The summed E-state index contributed by atoms with van der Waals surface area (Å²) in [6.45, 7) is 10.7. The minimum atomic E-state index is -4.49. The lowest BCUT2D eigenvalue weighted by Gasteiger charge is -2.37. The molecule has 2 saturated heterocycles. The number of rotatable bonds is 24. The monoisotopic (exact) mass is 1060 g/mol. The van der Waals surface area contributed by atoms with Crippen molar-refractivity contribution in [3.05, 3.63) is 161 Å². The van der Waals surface area contributed by atoms with Gasteiger partial charge in [-0.05, 0) is 88.9 Å². The lowest BCUT2D eigenvalue weighted by atomic mass is 9.80. The average molecular weight is 1060 g/mol. The second-order valence-electron chi connectivity index (χ2n) is 18.6. The maximum absolute atomic E-state index is 14.5. The number of methoxy groups -OCH3 is 2. The van der Waals surface area contributed by atoms with Crippen molar-refractivity contribution in [3.8, 4) is 17.6 Å². The number of nitrogens with zero attached hydrogens (tertiary/aromatic N) is 4. The number of unbranched alkanes of at least 4 members (excludes halogenated alkanes) is 1. The van der Waals surface area contributed by atoms with E-state index in [0.29, 0.717) is 29.0 Å². The Labute approximate surface area is 430 Å². The van der Waals surface area contributed by atoms with Crippen LogP contribution in [0, 0.1) is 25.2 Å². The molecule has 1 unspecified atom stereocenters. The fourth-order valence-corrected chi connectivity index (χ4v) is 12.1. The van der Waals surface area contributed by atoms with Gasteiger partial charge in [0, 0.05) is 61.4 Å². The first-order chi connectivity index (χ1) is 35.4. The molecule has 0 spiro atoms. The number of hydrogen-bond donors (Lipinski definition) is 4. The molecule has 2 aliphatic rings. The van der Waals surface area contributed by atoms with Crippen LogP contribution in [0.3, 0.4) is 0 Å². The van der Waals surface area contributed by atoms with Gasteiger partial charge in [0.05, 0.1) is 45.6 Å². The quantitative estimate of drug-likeness (QED) is 0.0354. The molecule has 23 heteroatoms. The van der Waals surface area contributed by atoms with E-state index in [1.165, 1.54) is 21.5 Å². The highest BCUT2D eigenvalue weighted by molar-refractivity contribution is 7.87. The zero-order valence-corrected chi connectivity index (χ0v) is 44.4. The molecule has 4 N–H and O–H groups in total. The van der Waals surface area contributed by atoms with Gasteiger partial charge in [-0.1, -0.05) is 54.6 Å². The summed E-state index contributed by atoms with van der Waals surface area (Å²) in [6, 6.07) is 25.3. The van der Waals surface area contributed by atoms with Crippen LogP contribution in [0.15, 0.2) is 110 Å². The number of nitriles is 1. The largest absolute Gasteiger partial charge is 0.497 e. The van der Waals surface area contributed by atoms with Crippen LogP contribution >= 0.6 is 8.53 Å². The van der Waals surface area contributed by atoms with Gasteiger partial charge >= 0.3 is 11.4 Å². The number of aromatic amines is 2. The summed E-state index contributed by atoms with van der Waals surface area (Å²) in [5, 5.41) is 9.20. The van der Waals surface area contributed by atoms with Crippen LogP contribution in [0.2, 0.25) is 0 Å². The SMILES string of the molecule is COc1ccc(C(OC[C@H]2O[C@@H](n3cc(C)c(=O)[nH]c3=O)C[C@@H]2NS(=O)(=O)NC[C@H]2O[C@@H](n3cc(C)c(=O)[nH]c3=O)C[C@@H]2OP(OCCCC#N)N(C(C)C)C(C)C)(c2ccccc2)c2ccc(OC)cc2)cc1. The normalized spacial score (nSPS) is 20.6. The van der Waals surface area contributed by atoms with E-state index in [4.69, 9.17) is 32.7 Å². The number of aromatic nitrogens is 4. The first-order valence-electron chi connectivity index (χ1n) is 24.3. The second kappa shape index (κ2) is 24.7. The van der Waals surface area contributed by atoms with Crippen molar-refractivity contribution < 1.29 is 41.1 Å². The Bertz CT molecular complexity index is 3020. The van der Waals surface area contributed by atoms with Crippen molar-refractivity contribution in [2.24, 2.45) is 0 Å². The molecule has 0 saturated carbocycles. The smallest absolute Gasteiger partial charge is 0.330 e. The number of benzene rings is 3. The summed E-state index contributed by atoms with van der Waals surface area (Å²) in [6.07, 6.45) is -1.44. The molecule has 21 nitrogen and oxygen atoms in total. The van der Waals surface area contributed by atoms with Gasteiger partial charge in [-0.25, -0.2) is 14.3 Å². The molecule has 2 fully saturated rings. The molecular weight excluding hydrogens is 996 g/mol. The van der Waals surface area contributed by atoms with Gasteiger partial charge in [0.2, 0.25) is 0 Å². The van der Waals surface area contributed by atoms with Crippen molar-refractivity contribution in [3.63, 3.8) is 0 Å². The summed E-state index contributed by atoms with van der Waals surface area (Å²) in [7, 11) is -3.16. The van der Waals surface area contributed by atoms with Crippen LogP contribution in [0.4, 0.5) is 0 Å². The Morgan fingerprint density at radius 3 is 1.81 bits per heavy atom. The van der Waals surface area contributed by atoms with Gasteiger partial charge in [0.25, 0.3) is 29.9 Å². The van der Waals surface area contributed by atoms with E-state index in [0.717, 1.165) is 5.56 Å². The van der Waals surface area contributed by atoms with Crippen LogP contribution in [0.1, 0.15) is 93.7 Å². The number of aryl methyl sites for hydroxylation is 2. The van der Waals surface area contributed by atoms with Crippen LogP contribution in [-0.4, -0.2) is 103 Å². The predicted octanol–water partition coefficient (Wildman–Crippen LogP) is 5.15. The summed E-state index contributed by atoms with van der Waals surface area (Å²) < 4.78 is 83.2. The van der Waals surface area contributed by atoms with Crippen molar-refractivity contribution in [1.29, 1.82) is 5.26 Å². The molecule has 0 bridgehead atoms. The topological polar surface area (TPSA) is 260 Å². The predicted molar refractivity (Wildman–Crippen MR) is 276 cm³/mol. The molecular formula is C51H65N8O13PS. The Morgan fingerprint density at radius 2 is 1.30 bits per heavy atom. The maximum atomic E-state index is 14.5. The van der Waals surface area contributed by atoms with E-state index in [-0.39, 0.29) is 62.2 Å². The molecule has 4 heterocycles. The number of ether oxygens (including phenoxy) is 5. The summed E-state index contributed by atoms with van der Waals surface area (Å²) in [5.41, 5.74) is -1.27. The van der Waals surface area contributed by atoms with E-state index < -0.39 is 83.6 Å². The summed E-state index contributed by atoms with van der Waals surface area (Å²) >= 11 is 0. The highest BCUT2D eigenvalue weighted by atomic mass is 32.2. The second-order valence-corrected chi connectivity index (χ2v) is 21.6. The van der Waals surface area contributed by atoms with Gasteiger partial charge in [0.15, 0.2) is 0 Å². The van der Waals surface area contributed by atoms with E-state index in [1.807, 2.05) is 107 Å². The van der Waals surface area contributed by atoms with Gasteiger partial charge in [-0.15, -0.1) is 0 Å². The van der Waals surface area contributed by atoms with Gasteiger partial charge in [-0.3, -0.25) is 28.7 Å². The lowest BCUT2D eigenvalue weighted by molar-refractivity contribution is -0.0804. The molecule has 2 aliphatic heterocycles. The Kier molecular flexibility index (Phi) is 18.6. The fourth-order valence-electron chi connectivity index (χ4n) is 9.19. The summed E-state index contributed by atoms with van der Waals surface area (Å²) in [5.74, 6) is 1.23. The molecule has 2 aromatic heterocycles. The first-order valence-corrected chi connectivity index (χ1v) is 26.9.